The summed E-state index contributed by atoms with van der Waals surface area (Å²) in [5.74, 6) is -0.313. The van der Waals surface area contributed by atoms with Gasteiger partial charge in [-0.1, -0.05) is 30.3 Å². The van der Waals surface area contributed by atoms with Crippen molar-refractivity contribution in [2.45, 2.75) is 25.7 Å². The van der Waals surface area contributed by atoms with Gasteiger partial charge in [0.2, 0.25) is 11.8 Å². The molecule has 3 N–H and O–H groups in total. The molecule has 32 heavy (non-hydrogen) atoms. The van der Waals surface area contributed by atoms with Crippen molar-refractivity contribution in [3.8, 4) is 11.3 Å². The molecule has 8 nitrogen and oxygen atoms in total. The predicted molar refractivity (Wildman–Crippen MR) is 122 cm³/mol. The van der Waals surface area contributed by atoms with E-state index in [0.29, 0.717) is 37.1 Å². The quantitative estimate of drug-likeness (QED) is 0.560. The van der Waals surface area contributed by atoms with Crippen LogP contribution in [-0.4, -0.2) is 46.9 Å². The van der Waals surface area contributed by atoms with E-state index in [4.69, 9.17) is 0 Å². The van der Waals surface area contributed by atoms with Gasteiger partial charge in [-0.05, 0) is 30.5 Å². The number of likely N-dealkylation sites (tertiary alicyclic amines) is 1. The fraction of sp³-hybridized carbons (Fsp3) is 0.250. The fourth-order valence-electron chi connectivity index (χ4n) is 4.38. The molecule has 3 amide bonds. The molecule has 0 bridgehead atoms. The van der Waals surface area contributed by atoms with Crippen molar-refractivity contribution in [2.24, 2.45) is 5.10 Å². The van der Waals surface area contributed by atoms with Crippen molar-refractivity contribution in [1.82, 2.24) is 15.3 Å². The van der Waals surface area contributed by atoms with Crippen molar-refractivity contribution in [1.29, 1.82) is 0 Å². The third-order valence-corrected chi connectivity index (χ3v) is 5.89. The Morgan fingerprint density at radius 2 is 2.00 bits per heavy atom. The number of hydrogen-bond donors (Lipinski definition) is 3. The van der Waals surface area contributed by atoms with Crippen LogP contribution in [0.4, 0.5) is 5.69 Å². The summed E-state index contributed by atoms with van der Waals surface area (Å²) in [4.78, 5) is 42.1. The van der Waals surface area contributed by atoms with Crippen molar-refractivity contribution in [3.05, 3.63) is 53.6 Å². The maximum Gasteiger partial charge on any atom is 0.272 e. The van der Waals surface area contributed by atoms with Gasteiger partial charge >= 0.3 is 0 Å². The Hall–Kier alpha value is -3.94. The van der Waals surface area contributed by atoms with E-state index >= 15 is 0 Å². The van der Waals surface area contributed by atoms with Crippen LogP contribution in [0, 0.1) is 0 Å². The highest BCUT2D eigenvalue weighted by atomic mass is 16.2. The standard InChI is InChI=1S/C24H23N5O3/c30-20(8-4-10-29-11-5-9-21(29)31)26-16-12-17-22-18(14-25-28-24(17)32)23(27-19(22)13-16)15-6-2-1-3-7-15/h1-3,6-7,12-14,27H,4-5,8-11H2,(H,26,30)(H,28,32). The number of rotatable bonds is 6. The Balaban J connectivity index is 1.40. The molecule has 1 fully saturated rings. The van der Waals surface area contributed by atoms with Crippen LogP contribution in [0.2, 0.25) is 0 Å². The highest BCUT2D eigenvalue weighted by Gasteiger charge is 2.23. The third-order valence-electron chi connectivity index (χ3n) is 5.89. The maximum atomic E-state index is 12.6. The number of aromatic amines is 1. The van der Waals surface area contributed by atoms with E-state index in [2.05, 4.69) is 20.8 Å². The second-order valence-electron chi connectivity index (χ2n) is 8.06. The van der Waals surface area contributed by atoms with Gasteiger partial charge in [-0.15, -0.1) is 0 Å². The molecule has 5 rings (SSSR count). The third kappa shape index (κ3) is 3.75. The Morgan fingerprint density at radius 3 is 2.78 bits per heavy atom. The number of anilines is 1. The maximum absolute atomic E-state index is 12.6. The van der Waals surface area contributed by atoms with E-state index in [9.17, 15) is 14.4 Å². The van der Waals surface area contributed by atoms with Gasteiger partial charge < -0.3 is 15.2 Å². The first-order chi connectivity index (χ1) is 15.6. The molecule has 0 radical (unpaired) electrons. The molecule has 3 aromatic rings. The van der Waals surface area contributed by atoms with E-state index in [1.807, 2.05) is 41.3 Å². The van der Waals surface area contributed by atoms with E-state index in [0.717, 1.165) is 40.7 Å². The smallest absolute Gasteiger partial charge is 0.272 e. The Kier molecular flexibility index (Phi) is 5.18. The molecule has 0 spiro atoms. The molecular weight excluding hydrogens is 406 g/mol. The summed E-state index contributed by atoms with van der Waals surface area (Å²) < 4.78 is 0. The molecule has 0 unspecified atom stereocenters. The van der Waals surface area contributed by atoms with Crippen LogP contribution in [0.1, 0.15) is 41.6 Å². The molecule has 1 aromatic heterocycles. The first-order valence-electron chi connectivity index (χ1n) is 10.8. The lowest BCUT2D eigenvalue weighted by molar-refractivity contribution is -0.128. The first-order valence-corrected chi connectivity index (χ1v) is 10.8. The molecular formula is C24H23N5O3. The molecule has 3 heterocycles. The van der Waals surface area contributed by atoms with Gasteiger partial charge in [0.1, 0.15) is 0 Å². The summed E-state index contributed by atoms with van der Waals surface area (Å²) in [5, 5.41) is 7.73. The lowest BCUT2D eigenvalue weighted by atomic mass is 10.0. The second kappa shape index (κ2) is 8.30. The van der Waals surface area contributed by atoms with Crippen LogP contribution in [0.5, 0.6) is 0 Å². The number of H-pyrrole nitrogens is 1. The number of carbonyl (C=O) groups excluding carboxylic acids is 3. The normalized spacial score (nSPS) is 15.2. The molecule has 2 aliphatic heterocycles. The fourth-order valence-corrected chi connectivity index (χ4v) is 4.38. The van der Waals surface area contributed by atoms with Gasteiger partial charge in [0, 0.05) is 48.1 Å². The van der Waals surface area contributed by atoms with Crippen molar-refractivity contribution in [2.75, 3.05) is 18.4 Å². The predicted octanol–water partition coefficient (Wildman–Crippen LogP) is 3.25. The molecule has 2 aromatic carbocycles. The first kappa shape index (κ1) is 20.0. The van der Waals surface area contributed by atoms with Crippen LogP contribution in [-0.2, 0) is 9.59 Å². The molecule has 1 saturated heterocycles. The number of benzene rings is 2. The Bertz CT molecular complexity index is 1250. The Morgan fingerprint density at radius 1 is 1.16 bits per heavy atom. The number of hydrogen-bond acceptors (Lipinski definition) is 4. The SMILES string of the molecule is O=C(CCCN1CCCC1=O)Nc1cc2c3c(c(-c4ccccc4)[nH]c3c1)C=NNC2=O. The molecule has 0 atom stereocenters. The highest BCUT2D eigenvalue weighted by molar-refractivity contribution is 6.18. The number of carbonyl (C=O) groups is 3. The highest BCUT2D eigenvalue weighted by Crippen LogP contribution is 2.34. The number of hydrazone groups is 1. The van der Waals surface area contributed by atoms with Crippen LogP contribution in [0.3, 0.4) is 0 Å². The van der Waals surface area contributed by atoms with Crippen LogP contribution < -0.4 is 10.7 Å². The molecule has 162 valence electrons. The Labute approximate surface area is 184 Å². The number of aromatic nitrogens is 1. The van der Waals surface area contributed by atoms with Gasteiger partial charge in [0.05, 0.1) is 17.5 Å². The van der Waals surface area contributed by atoms with Gasteiger partial charge in [0.25, 0.3) is 5.91 Å². The summed E-state index contributed by atoms with van der Waals surface area (Å²) in [7, 11) is 0. The average molecular weight is 429 g/mol. The van der Waals surface area contributed by atoms with E-state index in [1.54, 1.807) is 12.3 Å². The van der Waals surface area contributed by atoms with Crippen molar-refractivity contribution < 1.29 is 14.4 Å². The molecule has 8 heteroatoms. The monoisotopic (exact) mass is 429 g/mol. The van der Waals surface area contributed by atoms with Crippen molar-refractivity contribution in [3.63, 3.8) is 0 Å². The summed E-state index contributed by atoms with van der Waals surface area (Å²) >= 11 is 0. The van der Waals surface area contributed by atoms with Crippen molar-refractivity contribution >= 4 is 40.5 Å². The molecule has 2 aliphatic rings. The zero-order valence-electron chi connectivity index (χ0n) is 17.5. The zero-order valence-corrected chi connectivity index (χ0v) is 17.5. The summed E-state index contributed by atoms with van der Waals surface area (Å²) in [6.45, 7) is 1.37. The summed E-state index contributed by atoms with van der Waals surface area (Å²) in [5.41, 5.74) is 6.94. The number of amides is 3. The number of nitrogens with zero attached hydrogens (tertiary/aromatic N) is 2. The van der Waals surface area contributed by atoms with Gasteiger partial charge in [-0.2, -0.15) is 5.10 Å². The lowest BCUT2D eigenvalue weighted by Gasteiger charge is -2.15. The van der Waals surface area contributed by atoms with E-state index in [1.165, 1.54) is 0 Å². The zero-order chi connectivity index (χ0) is 22.1. The minimum atomic E-state index is -0.327. The van der Waals surface area contributed by atoms with E-state index in [-0.39, 0.29) is 17.7 Å². The molecule has 0 aliphatic carbocycles. The second-order valence-corrected chi connectivity index (χ2v) is 8.06. The largest absolute Gasteiger partial charge is 0.354 e. The molecule has 0 saturated carbocycles. The minimum Gasteiger partial charge on any atom is -0.354 e. The van der Waals surface area contributed by atoms with Crippen LogP contribution in [0.25, 0.3) is 22.2 Å². The lowest BCUT2D eigenvalue weighted by Crippen LogP contribution is -2.26. The van der Waals surface area contributed by atoms with Gasteiger partial charge in [-0.25, -0.2) is 5.43 Å². The minimum absolute atomic E-state index is 0.150. The van der Waals surface area contributed by atoms with Crippen LogP contribution in [0.15, 0.2) is 47.6 Å². The van der Waals surface area contributed by atoms with Crippen LogP contribution >= 0.6 is 0 Å². The number of nitrogens with one attached hydrogen (secondary N) is 3. The summed E-state index contributed by atoms with van der Waals surface area (Å²) in [6, 6.07) is 13.3. The topological polar surface area (TPSA) is 107 Å². The van der Waals surface area contributed by atoms with E-state index < -0.39 is 0 Å². The summed E-state index contributed by atoms with van der Waals surface area (Å²) in [6.07, 6.45) is 4.05. The van der Waals surface area contributed by atoms with Gasteiger partial charge in [0.15, 0.2) is 0 Å². The average Bonchev–Trinajstić information content (AvgIpc) is 3.32. The van der Waals surface area contributed by atoms with Gasteiger partial charge in [-0.3, -0.25) is 14.4 Å².